The fraction of sp³-hybridized carbons (Fsp3) is 0.421. The number of allylic oxidation sites excluding steroid dienone is 3. The summed E-state index contributed by atoms with van der Waals surface area (Å²) in [7, 11) is 0. The van der Waals surface area contributed by atoms with Crippen LogP contribution < -0.4 is 4.90 Å². The lowest BCUT2D eigenvalue weighted by Crippen LogP contribution is -2.34. The molecule has 1 fully saturated rings. The lowest BCUT2D eigenvalue weighted by Gasteiger charge is -2.34. The molecule has 0 atom stereocenters. The number of hydrogen-bond donors (Lipinski definition) is 0. The summed E-state index contributed by atoms with van der Waals surface area (Å²) in [6.45, 7) is 7.55. The molecule has 0 radical (unpaired) electrons. The van der Waals surface area contributed by atoms with Crippen LogP contribution in [0.1, 0.15) is 25.5 Å². The quantitative estimate of drug-likeness (QED) is 0.655. The Kier molecular flexibility index (Phi) is 5.32. The summed E-state index contributed by atoms with van der Waals surface area (Å²) in [5.74, 6) is 0.525. The zero-order chi connectivity index (χ0) is 18.9. The van der Waals surface area contributed by atoms with Gasteiger partial charge in [-0.1, -0.05) is 35.9 Å². The van der Waals surface area contributed by atoms with Crippen LogP contribution in [0.4, 0.5) is 18.9 Å². The smallest absolute Gasteiger partial charge is 0.370 e. The van der Waals surface area contributed by atoms with Gasteiger partial charge in [0.15, 0.2) is 5.65 Å². The number of piperidine rings is 1. The molecule has 0 spiro atoms. The average Bonchev–Trinajstić information content (AvgIpc) is 2.98. The van der Waals surface area contributed by atoms with Crippen molar-refractivity contribution in [1.29, 1.82) is 0 Å². The van der Waals surface area contributed by atoms with E-state index in [9.17, 15) is 13.2 Å². The van der Waals surface area contributed by atoms with Gasteiger partial charge in [-0.15, -0.1) is 0 Å². The van der Waals surface area contributed by atoms with E-state index in [1.54, 1.807) is 12.3 Å². The average molecular weight is 384 g/mol. The maximum Gasteiger partial charge on any atom is 0.394 e. The standard InChI is InChI=1S/C19H21ClF3N3/c1-3-4-13(2)14-5-8-25(9-6-14)16-7-10-26-15(11-19(21,22)23)12-24-18(26)17(16)20/h3-4,7,10,12,14H,1,5-6,8-9,11H2,2H3/b13-4+. The second-order valence-corrected chi connectivity index (χ2v) is 7.04. The molecule has 3 heterocycles. The van der Waals surface area contributed by atoms with Gasteiger partial charge in [0.1, 0.15) is 5.02 Å². The second kappa shape index (κ2) is 7.35. The molecule has 0 saturated carbocycles. The first-order valence-corrected chi connectivity index (χ1v) is 8.93. The Balaban J connectivity index is 1.81. The maximum atomic E-state index is 12.7. The Hall–Kier alpha value is -1.95. The molecule has 2 aromatic rings. The Bertz CT molecular complexity index is 830. The Morgan fingerprint density at radius 2 is 2.08 bits per heavy atom. The molecule has 140 valence electrons. The number of anilines is 1. The van der Waals surface area contributed by atoms with Crippen molar-refractivity contribution in [3.8, 4) is 0 Å². The van der Waals surface area contributed by atoms with Gasteiger partial charge in [0.2, 0.25) is 0 Å². The van der Waals surface area contributed by atoms with E-state index in [4.69, 9.17) is 11.6 Å². The summed E-state index contributed by atoms with van der Waals surface area (Å²) in [4.78, 5) is 6.29. The molecule has 0 N–H and O–H groups in total. The van der Waals surface area contributed by atoms with E-state index in [1.807, 2.05) is 12.2 Å². The summed E-state index contributed by atoms with van der Waals surface area (Å²) in [5.41, 5.74) is 2.61. The normalized spacial score (nSPS) is 17.1. The minimum Gasteiger partial charge on any atom is -0.370 e. The minimum atomic E-state index is -4.28. The molecule has 2 aromatic heterocycles. The van der Waals surface area contributed by atoms with Gasteiger partial charge >= 0.3 is 6.18 Å². The van der Waals surface area contributed by atoms with Crippen molar-refractivity contribution in [3.05, 3.63) is 53.5 Å². The summed E-state index contributed by atoms with van der Waals surface area (Å²) in [6.07, 6.45) is 3.43. The third-order valence-electron chi connectivity index (χ3n) is 4.92. The van der Waals surface area contributed by atoms with Gasteiger partial charge in [-0.25, -0.2) is 4.98 Å². The molecule has 1 aliphatic heterocycles. The van der Waals surface area contributed by atoms with Crippen molar-refractivity contribution >= 4 is 22.9 Å². The zero-order valence-electron chi connectivity index (χ0n) is 14.6. The summed E-state index contributed by atoms with van der Waals surface area (Å²) in [6, 6.07) is 1.78. The molecule has 0 aliphatic carbocycles. The predicted octanol–water partition coefficient (Wildman–Crippen LogP) is 5.44. The van der Waals surface area contributed by atoms with E-state index in [1.165, 1.54) is 16.2 Å². The van der Waals surface area contributed by atoms with E-state index in [-0.39, 0.29) is 5.69 Å². The highest BCUT2D eigenvalue weighted by atomic mass is 35.5. The largest absolute Gasteiger partial charge is 0.394 e. The first kappa shape index (κ1) is 18.8. The van der Waals surface area contributed by atoms with Gasteiger partial charge in [-0.3, -0.25) is 0 Å². The second-order valence-electron chi connectivity index (χ2n) is 6.66. The molecule has 26 heavy (non-hydrogen) atoms. The summed E-state index contributed by atoms with van der Waals surface area (Å²) in [5, 5.41) is 0.401. The molecule has 7 heteroatoms. The number of rotatable bonds is 4. The predicted molar refractivity (Wildman–Crippen MR) is 98.9 cm³/mol. The van der Waals surface area contributed by atoms with E-state index < -0.39 is 12.6 Å². The van der Waals surface area contributed by atoms with Crippen LogP contribution in [-0.4, -0.2) is 28.7 Å². The van der Waals surface area contributed by atoms with Gasteiger partial charge < -0.3 is 9.30 Å². The molecule has 1 saturated heterocycles. The number of pyridine rings is 1. The van der Waals surface area contributed by atoms with E-state index in [2.05, 4.69) is 23.4 Å². The highest BCUT2D eigenvalue weighted by Gasteiger charge is 2.30. The monoisotopic (exact) mass is 383 g/mol. The third kappa shape index (κ3) is 3.90. The van der Waals surface area contributed by atoms with E-state index in [0.29, 0.717) is 16.6 Å². The zero-order valence-corrected chi connectivity index (χ0v) is 15.3. The maximum absolute atomic E-state index is 12.7. The Labute approximate surface area is 155 Å². The Morgan fingerprint density at radius 1 is 1.38 bits per heavy atom. The fourth-order valence-corrected chi connectivity index (χ4v) is 3.86. The molecule has 3 rings (SSSR count). The molecular formula is C19H21ClF3N3. The van der Waals surface area contributed by atoms with Gasteiger partial charge in [-0.2, -0.15) is 13.2 Å². The molecule has 3 nitrogen and oxygen atoms in total. The topological polar surface area (TPSA) is 20.5 Å². The van der Waals surface area contributed by atoms with Crippen molar-refractivity contribution in [1.82, 2.24) is 9.38 Å². The minimum absolute atomic E-state index is 0.0878. The fourth-order valence-electron chi connectivity index (χ4n) is 3.54. The van der Waals surface area contributed by atoms with Crippen molar-refractivity contribution in [3.63, 3.8) is 0 Å². The van der Waals surface area contributed by atoms with Crippen molar-refractivity contribution < 1.29 is 13.2 Å². The van der Waals surface area contributed by atoms with Gasteiger partial charge in [0.05, 0.1) is 17.8 Å². The molecule has 0 amide bonds. The number of imidazole rings is 1. The van der Waals surface area contributed by atoms with Gasteiger partial charge in [0, 0.05) is 25.5 Å². The van der Waals surface area contributed by atoms with Crippen LogP contribution >= 0.6 is 11.6 Å². The number of alkyl halides is 3. The number of aromatic nitrogens is 2. The van der Waals surface area contributed by atoms with Crippen LogP contribution in [0.25, 0.3) is 5.65 Å². The lowest BCUT2D eigenvalue weighted by atomic mass is 9.89. The lowest BCUT2D eigenvalue weighted by molar-refractivity contribution is -0.127. The first-order valence-electron chi connectivity index (χ1n) is 8.55. The van der Waals surface area contributed by atoms with Crippen molar-refractivity contribution in [2.75, 3.05) is 18.0 Å². The van der Waals surface area contributed by atoms with Crippen molar-refractivity contribution in [2.24, 2.45) is 5.92 Å². The van der Waals surface area contributed by atoms with Gasteiger partial charge in [0.25, 0.3) is 0 Å². The van der Waals surface area contributed by atoms with Gasteiger partial charge in [-0.05, 0) is 31.7 Å². The van der Waals surface area contributed by atoms with E-state index in [0.717, 1.165) is 31.6 Å². The number of fused-ring (bicyclic) bond motifs is 1. The molecular weight excluding hydrogens is 363 g/mol. The number of halogens is 4. The highest BCUT2D eigenvalue weighted by Crippen LogP contribution is 2.34. The van der Waals surface area contributed by atoms with Crippen LogP contribution in [0.15, 0.2) is 42.8 Å². The van der Waals surface area contributed by atoms with Crippen molar-refractivity contribution in [2.45, 2.75) is 32.4 Å². The SMILES string of the molecule is C=C/C=C(\C)C1CCN(c2ccn3c(CC(F)(F)F)cnc3c2Cl)CC1. The molecule has 1 aliphatic rings. The molecule has 0 unspecified atom stereocenters. The third-order valence-corrected chi connectivity index (χ3v) is 5.28. The van der Waals surface area contributed by atoms with Crippen LogP contribution in [0.2, 0.25) is 5.02 Å². The van der Waals surface area contributed by atoms with Crippen LogP contribution in [0.5, 0.6) is 0 Å². The Morgan fingerprint density at radius 3 is 2.69 bits per heavy atom. The van der Waals surface area contributed by atoms with Crippen LogP contribution in [0.3, 0.4) is 0 Å². The molecule has 0 bridgehead atoms. The number of nitrogens with zero attached hydrogens (tertiary/aromatic N) is 3. The molecule has 0 aromatic carbocycles. The van der Waals surface area contributed by atoms with E-state index >= 15 is 0 Å². The highest BCUT2D eigenvalue weighted by molar-refractivity contribution is 6.36. The van der Waals surface area contributed by atoms with Crippen LogP contribution in [0, 0.1) is 5.92 Å². The summed E-state index contributed by atoms with van der Waals surface area (Å²) < 4.78 is 39.5. The summed E-state index contributed by atoms with van der Waals surface area (Å²) >= 11 is 6.48. The first-order chi connectivity index (χ1) is 12.3. The number of hydrogen-bond acceptors (Lipinski definition) is 2. The van der Waals surface area contributed by atoms with Crippen LogP contribution in [-0.2, 0) is 6.42 Å².